The molecule has 0 spiro atoms. The SMILES string of the molecule is CCC(C(Oc1cc(CC#N)ccc1OCC(CN)O[N+](=O)[O-])C(C)C)N(C)CCc1ccc(OC)c(OC)c1. The minimum Gasteiger partial charge on any atom is -0.493 e. The van der Waals surface area contributed by atoms with Crippen LogP contribution in [0.5, 0.6) is 23.0 Å². The molecule has 2 N–H and O–H groups in total. The fourth-order valence-corrected chi connectivity index (χ4v) is 4.52. The van der Waals surface area contributed by atoms with Crippen molar-refractivity contribution in [2.24, 2.45) is 11.7 Å². The van der Waals surface area contributed by atoms with Crippen molar-refractivity contribution in [1.82, 2.24) is 4.90 Å². The molecular formula is C29H42N4O7. The molecule has 0 aliphatic heterocycles. The van der Waals surface area contributed by atoms with Crippen molar-refractivity contribution in [3.05, 3.63) is 57.6 Å². The van der Waals surface area contributed by atoms with Crippen LogP contribution in [0, 0.1) is 27.4 Å². The van der Waals surface area contributed by atoms with Crippen LogP contribution in [0.2, 0.25) is 0 Å². The van der Waals surface area contributed by atoms with Gasteiger partial charge in [0.2, 0.25) is 0 Å². The highest BCUT2D eigenvalue weighted by molar-refractivity contribution is 5.44. The highest BCUT2D eigenvalue weighted by Gasteiger charge is 2.30. The van der Waals surface area contributed by atoms with E-state index in [0.29, 0.717) is 23.0 Å². The van der Waals surface area contributed by atoms with Crippen LogP contribution in [0.3, 0.4) is 0 Å². The summed E-state index contributed by atoms with van der Waals surface area (Å²) >= 11 is 0. The maximum atomic E-state index is 10.8. The van der Waals surface area contributed by atoms with Crippen LogP contribution in [-0.4, -0.2) is 69.2 Å². The van der Waals surface area contributed by atoms with Crippen molar-refractivity contribution in [1.29, 1.82) is 5.26 Å². The van der Waals surface area contributed by atoms with E-state index in [2.05, 4.69) is 43.6 Å². The van der Waals surface area contributed by atoms with Gasteiger partial charge in [-0.3, -0.25) is 4.90 Å². The van der Waals surface area contributed by atoms with Gasteiger partial charge >= 0.3 is 0 Å². The van der Waals surface area contributed by atoms with Gasteiger partial charge in [0, 0.05) is 19.1 Å². The number of ether oxygens (including phenoxy) is 4. The Morgan fingerprint density at radius 3 is 2.27 bits per heavy atom. The summed E-state index contributed by atoms with van der Waals surface area (Å²) in [6.45, 7) is 6.91. The smallest absolute Gasteiger partial charge is 0.294 e. The Bertz CT molecular complexity index is 1120. The molecule has 2 rings (SSSR count). The summed E-state index contributed by atoms with van der Waals surface area (Å²) in [5.41, 5.74) is 7.51. The zero-order chi connectivity index (χ0) is 29.7. The van der Waals surface area contributed by atoms with Crippen LogP contribution in [0.1, 0.15) is 38.3 Å². The molecule has 11 heteroatoms. The van der Waals surface area contributed by atoms with Crippen LogP contribution < -0.4 is 24.7 Å². The number of hydrogen-bond acceptors (Lipinski definition) is 10. The molecule has 220 valence electrons. The van der Waals surface area contributed by atoms with Crippen molar-refractivity contribution >= 4 is 0 Å². The fraction of sp³-hybridized carbons (Fsp3) is 0.552. The molecule has 3 unspecified atom stereocenters. The van der Waals surface area contributed by atoms with E-state index in [4.69, 9.17) is 24.7 Å². The molecule has 0 saturated carbocycles. The van der Waals surface area contributed by atoms with Gasteiger partial charge in [-0.25, -0.2) is 0 Å². The Kier molecular flexibility index (Phi) is 13.3. The Balaban J connectivity index is 2.24. The molecule has 0 aromatic heterocycles. The van der Waals surface area contributed by atoms with Crippen LogP contribution >= 0.6 is 0 Å². The van der Waals surface area contributed by atoms with Crippen molar-refractivity contribution in [2.45, 2.75) is 58.3 Å². The first-order chi connectivity index (χ1) is 19.2. The van der Waals surface area contributed by atoms with Gasteiger partial charge < -0.3 is 29.5 Å². The monoisotopic (exact) mass is 558 g/mol. The number of nitriles is 1. The lowest BCUT2D eigenvalue weighted by Crippen LogP contribution is -2.47. The van der Waals surface area contributed by atoms with Gasteiger partial charge in [-0.05, 0) is 61.2 Å². The summed E-state index contributed by atoms with van der Waals surface area (Å²) < 4.78 is 23.3. The maximum absolute atomic E-state index is 10.8. The van der Waals surface area contributed by atoms with E-state index < -0.39 is 11.2 Å². The van der Waals surface area contributed by atoms with Crippen molar-refractivity contribution in [3.8, 4) is 29.1 Å². The van der Waals surface area contributed by atoms with E-state index in [1.165, 1.54) is 0 Å². The van der Waals surface area contributed by atoms with Crippen LogP contribution in [0.15, 0.2) is 36.4 Å². The first-order valence-corrected chi connectivity index (χ1v) is 13.4. The lowest BCUT2D eigenvalue weighted by molar-refractivity contribution is -0.768. The minimum absolute atomic E-state index is 0.0715. The second-order valence-corrected chi connectivity index (χ2v) is 9.84. The topological polar surface area (TPSA) is 142 Å². The Morgan fingerprint density at radius 2 is 1.70 bits per heavy atom. The van der Waals surface area contributed by atoms with E-state index in [9.17, 15) is 15.4 Å². The summed E-state index contributed by atoms with van der Waals surface area (Å²) in [5.74, 6) is 2.41. The molecule has 0 heterocycles. The number of nitrogens with zero attached hydrogens (tertiary/aromatic N) is 3. The van der Waals surface area contributed by atoms with Gasteiger partial charge in [0.1, 0.15) is 12.7 Å². The zero-order valence-electron chi connectivity index (χ0n) is 24.3. The maximum Gasteiger partial charge on any atom is 0.294 e. The first kappa shape index (κ1) is 32.5. The molecule has 2 aromatic rings. The Morgan fingerprint density at radius 1 is 1.05 bits per heavy atom. The van der Waals surface area contributed by atoms with Gasteiger partial charge in [0.25, 0.3) is 5.09 Å². The number of hydrogen-bond donors (Lipinski definition) is 1. The third-order valence-corrected chi connectivity index (χ3v) is 6.70. The molecule has 0 bridgehead atoms. The van der Waals surface area contributed by atoms with Crippen LogP contribution in [0.25, 0.3) is 0 Å². The third-order valence-electron chi connectivity index (χ3n) is 6.70. The standard InChI is InChI=1S/C29H42N4O7/c1-7-24(32(4)15-13-22-8-10-25(36-5)27(16-22)37-6)29(20(2)3)39-28-17-21(12-14-30)9-11-26(28)38-19-23(18-31)40-33(34)35/h8-11,16-17,20,23-24,29H,7,12-13,15,18-19,31H2,1-6H3. The predicted molar refractivity (Wildman–Crippen MR) is 151 cm³/mol. The summed E-state index contributed by atoms with van der Waals surface area (Å²) in [6.07, 6.45) is 0.724. The van der Waals surface area contributed by atoms with Gasteiger partial charge in [-0.2, -0.15) is 5.26 Å². The van der Waals surface area contributed by atoms with Crippen molar-refractivity contribution in [2.75, 3.05) is 41.0 Å². The third kappa shape index (κ3) is 9.47. The molecule has 11 nitrogen and oxygen atoms in total. The van der Waals surface area contributed by atoms with Gasteiger partial charge in [-0.15, -0.1) is 10.1 Å². The molecule has 40 heavy (non-hydrogen) atoms. The molecule has 0 saturated heterocycles. The normalized spacial score (nSPS) is 13.3. The number of nitrogens with two attached hydrogens (primary N) is 1. The lowest BCUT2D eigenvalue weighted by Gasteiger charge is -2.37. The number of methoxy groups -OCH3 is 2. The highest BCUT2D eigenvalue weighted by Crippen LogP contribution is 2.33. The van der Waals surface area contributed by atoms with Crippen LogP contribution in [0.4, 0.5) is 0 Å². The van der Waals surface area contributed by atoms with Crippen LogP contribution in [-0.2, 0) is 17.7 Å². The Labute approximate surface area is 236 Å². The van der Waals surface area contributed by atoms with E-state index in [1.807, 2.05) is 18.2 Å². The fourth-order valence-electron chi connectivity index (χ4n) is 4.52. The minimum atomic E-state index is -0.923. The number of benzene rings is 2. The van der Waals surface area contributed by atoms with Crippen molar-refractivity contribution in [3.63, 3.8) is 0 Å². The van der Waals surface area contributed by atoms with E-state index >= 15 is 0 Å². The second kappa shape index (κ2) is 16.4. The van der Waals surface area contributed by atoms with Gasteiger partial charge in [0.05, 0.1) is 26.7 Å². The molecule has 0 aliphatic rings. The highest BCUT2D eigenvalue weighted by atomic mass is 17.0. The molecule has 2 aromatic carbocycles. The number of rotatable bonds is 18. The molecule has 0 aliphatic carbocycles. The van der Waals surface area contributed by atoms with Crippen molar-refractivity contribution < 1.29 is 28.9 Å². The molecule has 0 amide bonds. The summed E-state index contributed by atoms with van der Waals surface area (Å²) in [7, 11) is 5.32. The predicted octanol–water partition coefficient (Wildman–Crippen LogP) is 4.04. The second-order valence-electron chi connectivity index (χ2n) is 9.84. The number of likely N-dealkylation sites (N-methyl/N-ethyl adjacent to an activating group) is 1. The largest absolute Gasteiger partial charge is 0.493 e. The molecule has 0 radical (unpaired) electrons. The van der Waals surface area contributed by atoms with E-state index in [0.717, 1.165) is 30.5 Å². The Hall–Kier alpha value is -3.75. The molecule has 3 atom stereocenters. The average Bonchev–Trinajstić information content (AvgIpc) is 2.94. The zero-order valence-corrected chi connectivity index (χ0v) is 24.3. The molecule has 0 fully saturated rings. The lowest BCUT2D eigenvalue weighted by atomic mass is 9.95. The summed E-state index contributed by atoms with van der Waals surface area (Å²) in [6, 6.07) is 13.4. The van der Waals surface area contributed by atoms with E-state index in [1.54, 1.807) is 32.4 Å². The first-order valence-electron chi connectivity index (χ1n) is 13.4. The summed E-state index contributed by atoms with van der Waals surface area (Å²) in [4.78, 5) is 17.6. The van der Waals surface area contributed by atoms with E-state index in [-0.39, 0.29) is 37.6 Å². The molecular weight excluding hydrogens is 516 g/mol. The van der Waals surface area contributed by atoms with Gasteiger partial charge in [-0.1, -0.05) is 32.9 Å². The quantitative estimate of drug-likeness (QED) is 0.210. The summed E-state index contributed by atoms with van der Waals surface area (Å²) in [5, 5.41) is 19.1. The average molecular weight is 559 g/mol. The van der Waals surface area contributed by atoms with Gasteiger partial charge in [0.15, 0.2) is 29.1 Å².